The summed E-state index contributed by atoms with van der Waals surface area (Å²) in [4.78, 5) is 12.8. The lowest BCUT2D eigenvalue weighted by atomic mass is 9.76. The van der Waals surface area contributed by atoms with Crippen LogP contribution in [0, 0.1) is 0 Å². The number of nitrogens with one attached hydrogen (secondary N) is 1. The Morgan fingerprint density at radius 2 is 1.97 bits per heavy atom. The van der Waals surface area contributed by atoms with E-state index in [9.17, 15) is 9.90 Å². The van der Waals surface area contributed by atoms with Gasteiger partial charge in [-0.25, -0.2) is 0 Å². The van der Waals surface area contributed by atoms with Crippen LogP contribution in [0.2, 0.25) is 0 Å². The molecule has 1 amide bonds. The highest BCUT2D eigenvalue weighted by molar-refractivity contribution is 6.00. The molecule has 2 N–H and O–H groups in total. The molecule has 31 heavy (non-hydrogen) atoms. The van der Waals surface area contributed by atoms with Gasteiger partial charge in [-0.1, -0.05) is 48.1 Å². The maximum atomic E-state index is 12.8. The first kappa shape index (κ1) is 21.3. The van der Waals surface area contributed by atoms with Gasteiger partial charge in [-0.15, -0.1) is 0 Å². The van der Waals surface area contributed by atoms with Crippen molar-refractivity contribution >= 4 is 17.7 Å². The molecule has 3 atom stereocenters. The average Bonchev–Trinajstić information content (AvgIpc) is 2.73. The van der Waals surface area contributed by atoms with Gasteiger partial charge in [0.1, 0.15) is 11.4 Å². The topological polar surface area (TPSA) is 67.8 Å². The molecule has 0 aliphatic carbocycles. The maximum Gasteiger partial charge on any atom is 0.257 e. The third-order valence-corrected chi connectivity index (χ3v) is 6.04. The highest BCUT2D eigenvalue weighted by Gasteiger charge is 2.52. The summed E-state index contributed by atoms with van der Waals surface area (Å²) in [5.41, 5.74) is 1.55. The van der Waals surface area contributed by atoms with E-state index in [0.717, 1.165) is 18.4 Å². The van der Waals surface area contributed by atoms with Gasteiger partial charge in [-0.3, -0.25) is 4.79 Å². The van der Waals surface area contributed by atoms with Crippen molar-refractivity contribution in [2.75, 3.05) is 12.4 Å². The summed E-state index contributed by atoms with van der Waals surface area (Å²) in [7, 11) is 1.43. The zero-order chi connectivity index (χ0) is 22.2. The number of anilines is 1. The number of rotatable bonds is 5. The summed E-state index contributed by atoms with van der Waals surface area (Å²) >= 11 is 0. The summed E-state index contributed by atoms with van der Waals surface area (Å²) in [6.07, 6.45) is 6.86. The first-order chi connectivity index (χ1) is 14.8. The van der Waals surface area contributed by atoms with Crippen LogP contribution in [0.25, 0.3) is 6.08 Å². The molecule has 0 fully saturated rings. The maximum absolute atomic E-state index is 12.8. The second-order valence-electron chi connectivity index (χ2n) is 8.71. The Morgan fingerprint density at radius 1 is 1.23 bits per heavy atom. The minimum Gasteiger partial charge on any atom is -0.482 e. The Balaban J connectivity index is 1.87. The predicted molar refractivity (Wildman–Crippen MR) is 122 cm³/mol. The van der Waals surface area contributed by atoms with Crippen LogP contribution in [0.5, 0.6) is 5.75 Å². The number of hydrogen-bond donors (Lipinski definition) is 2. The van der Waals surface area contributed by atoms with Gasteiger partial charge in [0.25, 0.3) is 5.91 Å². The van der Waals surface area contributed by atoms with E-state index in [-0.39, 0.29) is 5.91 Å². The first-order valence-corrected chi connectivity index (χ1v) is 10.6. The van der Waals surface area contributed by atoms with Crippen LogP contribution in [0.15, 0.2) is 60.2 Å². The quantitative estimate of drug-likeness (QED) is 0.683. The highest BCUT2D eigenvalue weighted by atomic mass is 16.5. The molecule has 4 rings (SSSR count). The Labute approximate surface area is 183 Å². The van der Waals surface area contributed by atoms with E-state index in [1.807, 2.05) is 43.3 Å². The van der Waals surface area contributed by atoms with E-state index >= 15 is 0 Å². The molecular weight excluding hydrogens is 390 g/mol. The molecule has 0 spiro atoms. The number of aliphatic hydroxyl groups is 1. The van der Waals surface area contributed by atoms with E-state index < -0.39 is 17.3 Å². The van der Waals surface area contributed by atoms with Crippen LogP contribution in [-0.4, -0.2) is 29.8 Å². The van der Waals surface area contributed by atoms with E-state index in [1.165, 1.54) is 12.7 Å². The zero-order valence-corrected chi connectivity index (χ0v) is 18.4. The lowest BCUT2D eigenvalue weighted by molar-refractivity contribution is -0.142. The monoisotopic (exact) mass is 419 g/mol. The molecular formula is C26H29NO4. The van der Waals surface area contributed by atoms with Gasteiger partial charge in [-0.2, -0.15) is 0 Å². The van der Waals surface area contributed by atoms with Crippen LogP contribution in [0.1, 0.15) is 50.3 Å². The lowest BCUT2D eigenvalue weighted by Gasteiger charge is -2.43. The first-order valence-electron chi connectivity index (χ1n) is 10.6. The second-order valence-corrected chi connectivity index (χ2v) is 8.71. The summed E-state index contributed by atoms with van der Waals surface area (Å²) in [6.45, 7) is 6.21. The predicted octanol–water partition coefficient (Wildman–Crippen LogP) is 4.80. The van der Waals surface area contributed by atoms with Gasteiger partial charge in [0.15, 0.2) is 11.7 Å². The second kappa shape index (κ2) is 7.98. The number of benzene rings is 2. The van der Waals surface area contributed by atoms with E-state index in [4.69, 9.17) is 9.47 Å². The largest absolute Gasteiger partial charge is 0.482 e. The fourth-order valence-electron chi connectivity index (χ4n) is 4.42. The molecule has 0 saturated carbocycles. The van der Waals surface area contributed by atoms with E-state index in [1.54, 1.807) is 12.1 Å². The van der Waals surface area contributed by atoms with Crippen LogP contribution >= 0.6 is 0 Å². The normalized spacial score (nSPS) is 26.4. The van der Waals surface area contributed by atoms with Crippen molar-refractivity contribution in [1.29, 1.82) is 0 Å². The molecule has 5 heteroatoms. The summed E-state index contributed by atoms with van der Waals surface area (Å²) < 4.78 is 12.1. The number of hydrogen-bond acceptors (Lipinski definition) is 4. The molecule has 0 radical (unpaired) electrons. The zero-order valence-electron chi connectivity index (χ0n) is 18.4. The van der Waals surface area contributed by atoms with Crippen molar-refractivity contribution in [2.45, 2.75) is 50.9 Å². The van der Waals surface area contributed by atoms with E-state index in [0.29, 0.717) is 22.6 Å². The number of carbonyl (C=O) groups is 1. The molecule has 2 aliphatic heterocycles. The van der Waals surface area contributed by atoms with Crippen LogP contribution in [0.4, 0.5) is 5.69 Å². The number of carbonyl (C=O) groups excluding carboxylic acids is 1. The van der Waals surface area contributed by atoms with Crippen molar-refractivity contribution in [1.82, 2.24) is 0 Å². The van der Waals surface area contributed by atoms with Gasteiger partial charge < -0.3 is 19.9 Å². The molecule has 2 aromatic rings. The number of fused-ring (bicyclic) bond motifs is 3. The molecule has 2 aromatic carbocycles. The average molecular weight is 420 g/mol. The standard InChI is InChI=1S/C26H29NO4/c1-17(2)9-8-15-25(3)16-14-18-12-13-20-21(22(18)31-25)26(29,19-10-6-5-7-11-19)23(30-4)24(28)27-20/h5-7,9-14,16,23,29H,8,15H2,1-4H3,(H,27,28)/t23-,25-,26+/m0/s1. The van der Waals surface area contributed by atoms with Crippen molar-refractivity contribution in [2.24, 2.45) is 0 Å². The Bertz CT molecular complexity index is 1050. The minimum absolute atomic E-state index is 0.390. The number of amides is 1. The van der Waals surface area contributed by atoms with Gasteiger partial charge in [0.05, 0.1) is 11.3 Å². The molecule has 0 unspecified atom stereocenters. The summed E-state index contributed by atoms with van der Waals surface area (Å²) in [6, 6.07) is 12.9. The third kappa shape index (κ3) is 3.68. The van der Waals surface area contributed by atoms with Gasteiger partial charge in [-0.05, 0) is 57.4 Å². The summed E-state index contributed by atoms with van der Waals surface area (Å²) in [5.74, 6) is 0.187. The van der Waals surface area contributed by atoms with Crippen molar-refractivity contribution in [3.05, 3.63) is 76.9 Å². The Kier molecular flexibility index (Phi) is 5.50. The molecule has 162 valence electrons. The molecule has 5 nitrogen and oxygen atoms in total. The third-order valence-electron chi connectivity index (χ3n) is 6.04. The molecule has 2 heterocycles. The van der Waals surface area contributed by atoms with Crippen molar-refractivity contribution in [3.8, 4) is 5.75 Å². The van der Waals surface area contributed by atoms with Crippen LogP contribution in [-0.2, 0) is 15.1 Å². The van der Waals surface area contributed by atoms with Gasteiger partial charge >= 0.3 is 0 Å². The van der Waals surface area contributed by atoms with Crippen molar-refractivity contribution < 1.29 is 19.4 Å². The molecule has 0 saturated heterocycles. The summed E-state index contributed by atoms with van der Waals surface area (Å²) in [5, 5.41) is 15.0. The van der Waals surface area contributed by atoms with Crippen LogP contribution in [0.3, 0.4) is 0 Å². The van der Waals surface area contributed by atoms with Gasteiger partial charge in [0, 0.05) is 12.7 Å². The van der Waals surface area contributed by atoms with E-state index in [2.05, 4.69) is 31.3 Å². The fraction of sp³-hybridized carbons (Fsp3) is 0.346. The van der Waals surface area contributed by atoms with Gasteiger partial charge in [0.2, 0.25) is 0 Å². The Morgan fingerprint density at radius 3 is 2.65 bits per heavy atom. The van der Waals surface area contributed by atoms with Crippen LogP contribution < -0.4 is 10.1 Å². The van der Waals surface area contributed by atoms with Crippen molar-refractivity contribution in [3.63, 3.8) is 0 Å². The number of ether oxygens (including phenoxy) is 2. The Hall–Kier alpha value is -2.89. The number of allylic oxidation sites excluding steroid dienone is 2. The smallest absolute Gasteiger partial charge is 0.257 e. The molecule has 2 aliphatic rings. The minimum atomic E-state index is -1.69. The highest BCUT2D eigenvalue weighted by Crippen LogP contribution is 2.50. The molecule has 0 aromatic heterocycles. The molecule has 0 bridgehead atoms. The fourth-order valence-corrected chi connectivity index (χ4v) is 4.42. The number of methoxy groups -OCH3 is 1. The lowest BCUT2D eigenvalue weighted by Crippen LogP contribution is -2.53. The SMILES string of the molecule is CO[C@H]1C(=O)Nc2ccc3c(c2[C@]1(O)c1ccccc1)O[C@@](C)(CCC=C(C)C)C=C3.